The summed E-state index contributed by atoms with van der Waals surface area (Å²) in [6, 6.07) is 0. The van der Waals surface area contributed by atoms with Crippen LogP contribution < -0.4 is 4.57 Å². The second kappa shape index (κ2) is 5.27. The molecule has 0 amide bonds. The van der Waals surface area contributed by atoms with Crippen LogP contribution in [0.5, 0.6) is 0 Å². The van der Waals surface area contributed by atoms with Crippen molar-refractivity contribution in [3.05, 3.63) is 23.1 Å². The maximum atomic E-state index is 10.2. The molecule has 1 atom stereocenters. The number of nitroso groups, excluding NO2 is 1. The van der Waals surface area contributed by atoms with Gasteiger partial charge in [-0.3, -0.25) is 0 Å². The van der Waals surface area contributed by atoms with E-state index in [2.05, 4.69) is 11.1 Å². The monoisotopic (exact) mass is 208 g/mol. The summed E-state index contributed by atoms with van der Waals surface area (Å²) in [5.41, 5.74) is 0. The lowest BCUT2D eigenvalue weighted by Crippen LogP contribution is -2.32. The van der Waals surface area contributed by atoms with E-state index in [1.807, 2.05) is 24.0 Å². The number of hydrogen-bond donors (Lipinski definition) is 0. The van der Waals surface area contributed by atoms with Crippen molar-refractivity contribution < 1.29 is 9.30 Å². The van der Waals surface area contributed by atoms with Gasteiger partial charge in [0.2, 0.25) is 0 Å². The summed E-state index contributed by atoms with van der Waals surface area (Å²) in [5, 5.41) is 2.86. The van der Waals surface area contributed by atoms with Crippen LogP contribution in [-0.4, -0.2) is 10.7 Å². The largest absolute Gasteiger partial charge is 0.326 e. The van der Waals surface area contributed by atoms with Crippen LogP contribution in [0.1, 0.15) is 12.7 Å². The van der Waals surface area contributed by atoms with Crippen LogP contribution in [0.3, 0.4) is 0 Å². The first-order valence-electron chi connectivity index (χ1n) is 4.59. The van der Waals surface area contributed by atoms with E-state index < -0.39 is 0 Å². The highest BCUT2D eigenvalue weighted by Gasteiger charge is 2.14. The molecule has 0 bridgehead atoms. The van der Waals surface area contributed by atoms with E-state index in [1.54, 1.807) is 11.5 Å². The Kier molecular flexibility index (Phi) is 4.01. The van der Waals surface area contributed by atoms with Crippen molar-refractivity contribution in [2.24, 2.45) is 12.2 Å². The molecular formula is C10H14N3O2+. The Morgan fingerprint density at radius 3 is 3.13 bits per heavy atom. The minimum atomic E-state index is -0.241. The van der Waals surface area contributed by atoms with Crippen LogP contribution in [0.2, 0.25) is 0 Å². The summed E-state index contributed by atoms with van der Waals surface area (Å²) in [4.78, 5) is 10.2. The van der Waals surface area contributed by atoms with Crippen LogP contribution in [0.4, 0.5) is 0 Å². The number of ether oxygens (including phenoxy) is 1. The van der Waals surface area contributed by atoms with Crippen molar-refractivity contribution >= 4 is 0 Å². The topological polar surface area (TPSA) is 47.5 Å². The van der Waals surface area contributed by atoms with Crippen molar-refractivity contribution in [1.29, 1.82) is 0 Å². The minimum Gasteiger partial charge on any atom is -0.326 e. The molecule has 0 aromatic carbocycles. The lowest BCUT2D eigenvalue weighted by molar-refractivity contribution is -0.679. The van der Waals surface area contributed by atoms with E-state index in [0.717, 1.165) is 5.82 Å². The van der Waals surface area contributed by atoms with Gasteiger partial charge in [-0.05, 0) is 6.92 Å². The van der Waals surface area contributed by atoms with E-state index >= 15 is 0 Å². The molecular weight excluding hydrogens is 194 g/mol. The Hall–Kier alpha value is -1.67. The van der Waals surface area contributed by atoms with Gasteiger partial charge in [0.25, 0.3) is 5.82 Å². The first-order chi connectivity index (χ1) is 7.19. The third-order valence-corrected chi connectivity index (χ3v) is 2.11. The molecule has 1 rings (SSSR count). The molecule has 1 aromatic heterocycles. The van der Waals surface area contributed by atoms with Gasteiger partial charge in [-0.25, -0.2) is 9.13 Å². The highest BCUT2D eigenvalue weighted by molar-refractivity contribution is 4.91. The zero-order chi connectivity index (χ0) is 11.3. The lowest BCUT2D eigenvalue weighted by Gasteiger charge is -2.04. The van der Waals surface area contributed by atoms with Gasteiger partial charge in [0.05, 0.1) is 7.05 Å². The first-order valence-corrected chi connectivity index (χ1v) is 4.59. The van der Waals surface area contributed by atoms with Gasteiger partial charge >= 0.3 is 0 Å². The zero-order valence-corrected chi connectivity index (χ0v) is 8.88. The molecule has 1 unspecified atom stereocenters. The third-order valence-electron chi connectivity index (χ3n) is 2.11. The molecule has 0 saturated carbocycles. The summed E-state index contributed by atoms with van der Waals surface area (Å²) in [5.74, 6) is 3.25. The highest BCUT2D eigenvalue weighted by Crippen LogP contribution is 1.99. The van der Waals surface area contributed by atoms with Crippen molar-refractivity contribution in [3.63, 3.8) is 0 Å². The van der Waals surface area contributed by atoms with Crippen LogP contribution >= 0.6 is 0 Å². The molecule has 1 heterocycles. The number of hydrogen-bond acceptors (Lipinski definition) is 3. The minimum absolute atomic E-state index is 0.122. The molecule has 0 fully saturated rings. The van der Waals surface area contributed by atoms with Crippen LogP contribution in [-0.2, 0) is 25.1 Å². The fourth-order valence-electron chi connectivity index (χ4n) is 1.17. The van der Waals surface area contributed by atoms with Gasteiger partial charge in [0.15, 0.2) is 13.3 Å². The normalized spacial score (nSPS) is 12.1. The highest BCUT2D eigenvalue weighted by atomic mass is 16.5. The van der Waals surface area contributed by atoms with Gasteiger partial charge in [0.1, 0.15) is 18.5 Å². The van der Waals surface area contributed by atoms with Gasteiger partial charge in [-0.15, -0.1) is 6.42 Å². The quantitative estimate of drug-likeness (QED) is 0.403. The summed E-state index contributed by atoms with van der Waals surface area (Å²) in [6.45, 7) is 2.25. The number of aromatic nitrogens is 2. The first kappa shape index (κ1) is 11.4. The van der Waals surface area contributed by atoms with E-state index in [-0.39, 0.29) is 12.6 Å². The van der Waals surface area contributed by atoms with Gasteiger partial charge in [-0.2, -0.15) is 4.91 Å². The average molecular weight is 208 g/mol. The van der Waals surface area contributed by atoms with Gasteiger partial charge < -0.3 is 4.74 Å². The summed E-state index contributed by atoms with van der Waals surface area (Å²) < 4.78 is 8.97. The lowest BCUT2D eigenvalue weighted by atomic mass is 10.4. The number of rotatable bonds is 5. The van der Waals surface area contributed by atoms with Crippen molar-refractivity contribution in [3.8, 4) is 12.3 Å². The molecule has 0 spiro atoms. The Morgan fingerprint density at radius 2 is 2.53 bits per heavy atom. The van der Waals surface area contributed by atoms with Crippen molar-refractivity contribution in [2.45, 2.75) is 26.3 Å². The molecule has 5 nitrogen and oxygen atoms in total. The molecule has 1 aromatic rings. The van der Waals surface area contributed by atoms with Crippen molar-refractivity contribution in [2.75, 3.05) is 0 Å². The van der Waals surface area contributed by atoms with Crippen LogP contribution in [0, 0.1) is 17.3 Å². The number of nitrogens with zero attached hydrogens (tertiary/aromatic N) is 3. The molecule has 0 saturated heterocycles. The summed E-state index contributed by atoms with van der Waals surface area (Å²) >= 11 is 0. The molecule has 0 N–H and O–H groups in total. The second-order valence-corrected chi connectivity index (χ2v) is 3.19. The van der Waals surface area contributed by atoms with Crippen LogP contribution in [0.15, 0.2) is 17.6 Å². The summed E-state index contributed by atoms with van der Waals surface area (Å²) in [6.07, 6.45) is 8.60. The SMILES string of the molecule is C#CC(C)OCn1cc[n+](C)c1CN=O. The second-order valence-electron chi connectivity index (χ2n) is 3.19. The predicted molar refractivity (Wildman–Crippen MR) is 54.5 cm³/mol. The Bertz CT molecular complexity index is 379. The third kappa shape index (κ3) is 2.89. The van der Waals surface area contributed by atoms with Crippen molar-refractivity contribution in [1.82, 2.24) is 4.57 Å². The number of terminal acetylenes is 1. The molecule has 80 valence electrons. The standard InChI is InChI=1S/C10H14N3O2/c1-4-9(2)15-8-13-6-5-12(3)10(13)7-11-14/h1,5-6,9H,7-8H2,2-3H3/q+1. The van der Waals surface area contributed by atoms with E-state index in [9.17, 15) is 4.91 Å². The summed E-state index contributed by atoms with van der Waals surface area (Å²) in [7, 11) is 1.85. The van der Waals surface area contributed by atoms with E-state index in [4.69, 9.17) is 11.2 Å². The average Bonchev–Trinajstić information content (AvgIpc) is 2.58. The molecule has 0 aliphatic carbocycles. The molecule has 0 aliphatic heterocycles. The Morgan fingerprint density at radius 1 is 1.80 bits per heavy atom. The fraction of sp³-hybridized carbons (Fsp3) is 0.500. The molecule has 5 heteroatoms. The molecule has 0 aliphatic rings. The zero-order valence-electron chi connectivity index (χ0n) is 8.88. The maximum absolute atomic E-state index is 10.2. The van der Waals surface area contributed by atoms with Crippen LogP contribution in [0.25, 0.3) is 0 Å². The van der Waals surface area contributed by atoms with E-state index in [0.29, 0.717) is 6.73 Å². The fourth-order valence-corrected chi connectivity index (χ4v) is 1.17. The predicted octanol–water partition coefficient (Wildman–Crippen LogP) is 0.575. The van der Waals surface area contributed by atoms with Gasteiger partial charge in [0, 0.05) is 0 Å². The molecule has 15 heavy (non-hydrogen) atoms. The molecule has 0 radical (unpaired) electrons. The van der Waals surface area contributed by atoms with Gasteiger partial charge in [-0.1, -0.05) is 11.1 Å². The number of imidazole rings is 1. The number of aryl methyl sites for hydroxylation is 1. The van der Waals surface area contributed by atoms with E-state index in [1.165, 1.54) is 0 Å². The smallest absolute Gasteiger partial charge is 0.283 e. The Labute approximate surface area is 88.6 Å². The Balaban J connectivity index is 2.68. The maximum Gasteiger partial charge on any atom is 0.283 e.